The maximum Gasteiger partial charge on any atom is 0.534 e. The third kappa shape index (κ3) is 3.77. The zero-order valence-electron chi connectivity index (χ0n) is 15.3. The second-order valence-electron chi connectivity index (χ2n) is 5.85. The Morgan fingerprint density at radius 2 is 1.63 bits per heavy atom. The Kier molecular flexibility index (Phi) is 5.13. The molecule has 156 valence electrons. The van der Waals surface area contributed by atoms with E-state index in [0.717, 1.165) is 11.6 Å². The summed E-state index contributed by atoms with van der Waals surface area (Å²) >= 11 is 0. The van der Waals surface area contributed by atoms with Crippen LogP contribution in [0.15, 0.2) is 39.9 Å². The van der Waals surface area contributed by atoms with E-state index < -0.39 is 44.0 Å². The quantitative estimate of drug-likeness (QED) is 0.327. The molecule has 0 N–H and O–H groups in total. The maximum absolute atomic E-state index is 12.8. The number of fused-ring (bicyclic) bond motifs is 1. The number of alkyl halides is 3. The Labute approximate surface area is 166 Å². The van der Waals surface area contributed by atoms with Crippen LogP contribution in [0.5, 0.6) is 5.88 Å². The molecule has 0 aliphatic carbocycles. The van der Waals surface area contributed by atoms with Crippen LogP contribution in [0.1, 0.15) is 11.3 Å². The molecule has 0 saturated carbocycles. The number of hydrogen-bond acceptors (Lipinski definition) is 7. The van der Waals surface area contributed by atoms with Crippen molar-refractivity contribution in [2.24, 2.45) is 14.1 Å². The Morgan fingerprint density at radius 1 is 1.00 bits per heavy atom. The van der Waals surface area contributed by atoms with Gasteiger partial charge in [0.2, 0.25) is 0 Å². The fourth-order valence-corrected chi connectivity index (χ4v) is 2.71. The van der Waals surface area contributed by atoms with Gasteiger partial charge in [0.1, 0.15) is 0 Å². The molecule has 0 aliphatic heterocycles. The van der Waals surface area contributed by atoms with Crippen LogP contribution in [0.4, 0.5) is 13.2 Å². The molecule has 3 rings (SSSR count). The second kappa shape index (κ2) is 7.30. The molecule has 0 saturated heterocycles. The number of halogens is 3. The summed E-state index contributed by atoms with van der Waals surface area (Å²) in [5, 5.41) is 0. The van der Waals surface area contributed by atoms with Gasteiger partial charge in [0.25, 0.3) is 11.4 Å². The molecule has 0 bridgehead atoms. The van der Waals surface area contributed by atoms with Gasteiger partial charge in [-0.2, -0.15) is 21.6 Å². The summed E-state index contributed by atoms with van der Waals surface area (Å²) in [5.41, 5.74) is -8.58. The van der Waals surface area contributed by atoms with Crippen LogP contribution in [0.25, 0.3) is 11.2 Å². The number of rotatable bonds is 2. The highest BCUT2D eigenvalue weighted by Crippen LogP contribution is 2.27. The predicted octanol–water partition coefficient (Wildman–Crippen LogP) is 0.655. The summed E-state index contributed by atoms with van der Waals surface area (Å²) in [6.07, 6.45) is 0. The summed E-state index contributed by atoms with van der Waals surface area (Å²) in [7, 11) is -3.75. The molecule has 0 unspecified atom stereocenters. The van der Waals surface area contributed by atoms with Crippen LogP contribution in [0, 0.1) is 11.8 Å². The van der Waals surface area contributed by atoms with Gasteiger partial charge in [0.05, 0.1) is 0 Å². The Balaban J connectivity index is 2.33. The van der Waals surface area contributed by atoms with Crippen LogP contribution in [-0.2, 0) is 24.2 Å². The van der Waals surface area contributed by atoms with Gasteiger partial charge >= 0.3 is 21.3 Å². The van der Waals surface area contributed by atoms with Crippen LogP contribution < -0.4 is 15.4 Å². The SMILES string of the molecule is Cn1c(=O)c2nc(OS(=O)(=O)C(F)(F)F)c(C#Cc3ccccc3)nc2n(C)c1=O. The molecule has 9 nitrogen and oxygen atoms in total. The lowest BCUT2D eigenvalue weighted by Gasteiger charge is -2.11. The summed E-state index contributed by atoms with van der Waals surface area (Å²) in [4.78, 5) is 31.8. The minimum absolute atomic E-state index is 0.308. The summed E-state index contributed by atoms with van der Waals surface area (Å²) in [6, 6.07) is 8.17. The van der Waals surface area contributed by atoms with Gasteiger partial charge in [-0.3, -0.25) is 13.9 Å². The van der Waals surface area contributed by atoms with Gasteiger partial charge in [0, 0.05) is 19.7 Å². The topological polar surface area (TPSA) is 113 Å². The molecule has 2 aromatic heterocycles. The first-order valence-electron chi connectivity index (χ1n) is 7.98. The van der Waals surface area contributed by atoms with E-state index in [2.05, 4.69) is 26.0 Å². The minimum Gasteiger partial charge on any atom is -0.352 e. The standard InChI is InChI=1S/C17H11F3N4O5S/c1-23-13-12(15(25)24(2)16(23)26)22-14(29-30(27,28)17(18,19)20)11(21-13)9-8-10-6-4-3-5-7-10/h3-7H,1-2H3. The van der Waals surface area contributed by atoms with Crippen molar-refractivity contribution in [3.8, 4) is 17.7 Å². The van der Waals surface area contributed by atoms with Gasteiger partial charge in [-0.05, 0) is 18.1 Å². The lowest BCUT2D eigenvalue weighted by atomic mass is 10.2. The minimum atomic E-state index is -6.11. The molecule has 3 aromatic rings. The fourth-order valence-electron chi connectivity index (χ4n) is 2.29. The molecule has 13 heteroatoms. The number of hydrogen-bond donors (Lipinski definition) is 0. The highest BCUT2D eigenvalue weighted by molar-refractivity contribution is 7.87. The van der Waals surface area contributed by atoms with E-state index >= 15 is 0 Å². The predicted molar refractivity (Wildman–Crippen MR) is 98.0 cm³/mol. The largest absolute Gasteiger partial charge is 0.534 e. The number of benzene rings is 1. The van der Waals surface area contributed by atoms with Crippen molar-refractivity contribution >= 4 is 21.3 Å². The van der Waals surface area contributed by atoms with E-state index in [1.165, 1.54) is 7.05 Å². The summed E-state index contributed by atoms with van der Waals surface area (Å²) < 4.78 is 66.9. The molecule has 30 heavy (non-hydrogen) atoms. The fraction of sp³-hybridized carbons (Fsp3) is 0.176. The average molecular weight is 440 g/mol. The second-order valence-corrected chi connectivity index (χ2v) is 7.39. The van der Waals surface area contributed by atoms with Crippen LogP contribution in [0.2, 0.25) is 0 Å². The third-order valence-corrected chi connectivity index (χ3v) is 4.76. The molecule has 0 atom stereocenters. The zero-order valence-corrected chi connectivity index (χ0v) is 16.1. The van der Waals surface area contributed by atoms with Gasteiger partial charge < -0.3 is 4.18 Å². The number of aromatic nitrogens is 4. The monoisotopic (exact) mass is 440 g/mol. The molecule has 0 spiro atoms. The normalized spacial score (nSPS) is 11.8. The highest BCUT2D eigenvalue weighted by Gasteiger charge is 2.49. The van der Waals surface area contributed by atoms with Gasteiger partial charge in [-0.15, -0.1) is 0 Å². The number of nitrogens with zero attached hydrogens (tertiary/aromatic N) is 4. The molecule has 1 aromatic carbocycles. The van der Waals surface area contributed by atoms with Gasteiger partial charge in [-0.25, -0.2) is 14.8 Å². The Morgan fingerprint density at radius 3 is 2.23 bits per heavy atom. The number of aryl methyl sites for hydroxylation is 1. The average Bonchev–Trinajstić information content (AvgIpc) is 2.69. The zero-order chi connectivity index (χ0) is 22.3. The smallest absolute Gasteiger partial charge is 0.352 e. The highest BCUT2D eigenvalue weighted by atomic mass is 32.2. The third-order valence-electron chi connectivity index (χ3n) is 3.82. The first-order valence-corrected chi connectivity index (χ1v) is 9.39. The van der Waals surface area contributed by atoms with Crippen molar-refractivity contribution < 1.29 is 25.8 Å². The van der Waals surface area contributed by atoms with Crippen molar-refractivity contribution in [3.63, 3.8) is 0 Å². The lowest BCUT2D eigenvalue weighted by molar-refractivity contribution is -0.0501. The van der Waals surface area contributed by atoms with Crippen LogP contribution in [-0.4, -0.2) is 33.0 Å². The van der Waals surface area contributed by atoms with Crippen LogP contribution in [0.3, 0.4) is 0 Å². The maximum atomic E-state index is 12.8. The molecular weight excluding hydrogens is 429 g/mol. The van der Waals surface area contributed by atoms with Crippen molar-refractivity contribution in [1.82, 2.24) is 19.1 Å². The van der Waals surface area contributed by atoms with E-state index in [1.54, 1.807) is 30.3 Å². The first kappa shape index (κ1) is 21.1. The van der Waals surface area contributed by atoms with E-state index in [9.17, 15) is 31.2 Å². The Hall–Kier alpha value is -3.66. The van der Waals surface area contributed by atoms with Crippen molar-refractivity contribution in [2.75, 3.05) is 0 Å². The molecule has 0 fully saturated rings. The summed E-state index contributed by atoms with van der Waals surface area (Å²) in [5.74, 6) is 3.80. The van der Waals surface area contributed by atoms with Crippen molar-refractivity contribution in [3.05, 3.63) is 62.4 Å². The molecule has 2 heterocycles. The molecule has 0 radical (unpaired) electrons. The van der Waals surface area contributed by atoms with Gasteiger partial charge in [-0.1, -0.05) is 24.1 Å². The van der Waals surface area contributed by atoms with Gasteiger partial charge in [0.15, 0.2) is 16.9 Å². The lowest BCUT2D eigenvalue weighted by Crippen LogP contribution is -2.38. The summed E-state index contributed by atoms with van der Waals surface area (Å²) in [6.45, 7) is 0. The Bertz CT molecular complexity index is 1430. The van der Waals surface area contributed by atoms with Crippen LogP contribution >= 0.6 is 0 Å². The van der Waals surface area contributed by atoms with E-state index in [1.807, 2.05) is 0 Å². The molecule has 0 aliphatic rings. The van der Waals surface area contributed by atoms with E-state index in [4.69, 9.17) is 0 Å². The van der Waals surface area contributed by atoms with Crippen molar-refractivity contribution in [1.29, 1.82) is 0 Å². The first-order chi connectivity index (χ1) is 13.9. The van der Waals surface area contributed by atoms with E-state index in [-0.39, 0.29) is 5.65 Å². The molecule has 0 amide bonds. The molecular formula is C17H11F3N4O5S. The van der Waals surface area contributed by atoms with Crippen molar-refractivity contribution in [2.45, 2.75) is 5.51 Å². The van der Waals surface area contributed by atoms with E-state index in [0.29, 0.717) is 10.1 Å².